The van der Waals surface area contributed by atoms with Gasteiger partial charge in [0.25, 0.3) is 0 Å². The maximum absolute atomic E-state index is 10.9. The van der Waals surface area contributed by atoms with Crippen molar-refractivity contribution >= 4 is 28.7 Å². The van der Waals surface area contributed by atoms with Crippen LogP contribution < -0.4 is 0 Å². The summed E-state index contributed by atoms with van der Waals surface area (Å²) in [5.74, 6) is -0.396. The van der Waals surface area contributed by atoms with Gasteiger partial charge in [0.05, 0.1) is 22.2 Å². The number of hydrogen-bond donors (Lipinski definition) is 1. The lowest BCUT2D eigenvalue weighted by molar-refractivity contribution is 0.0697. The van der Waals surface area contributed by atoms with Crippen LogP contribution >= 0.6 is 0 Å². The molecule has 1 heterocycles. The standard InChI is InChI=1S/C18H13N3O2/c1-21-16-5-3-2-4-15(16)20-17(21)14(11-19)10-12-6-8-13(9-7-12)18(22)23/h2-10H,1H3,(H,22,23). The van der Waals surface area contributed by atoms with Gasteiger partial charge in [-0.25, -0.2) is 9.78 Å². The van der Waals surface area contributed by atoms with Crippen molar-refractivity contribution in [2.75, 3.05) is 0 Å². The third-order valence-electron chi connectivity index (χ3n) is 3.62. The zero-order valence-electron chi connectivity index (χ0n) is 12.4. The number of hydrogen-bond acceptors (Lipinski definition) is 3. The normalized spacial score (nSPS) is 11.4. The number of carbonyl (C=O) groups is 1. The van der Waals surface area contributed by atoms with E-state index in [2.05, 4.69) is 11.1 Å². The number of aromatic nitrogens is 2. The van der Waals surface area contributed by atoms with Crippen LogP contribution in [-0.4, -0.2) is 20.6 Å². The molecule has 0 radical (unpaired) electrons. The third kappa shape index (κ3) is 2.70. The van der Waals surface area contributed by atoms with Crippen LogP contribution in [0.1, 0.15) is 21.7 Å². The molecule has 2 aromatic carbocycles. The molecular weight excluding hydrogens is 290 g/mol. The second-order valence-electron chi connectivity index (χ2n) is 5.08. The number of nitrogens with zero attached hydrogens (tertiary/aromatic N) is 3. The van der Waals surface area contributed by atoms with Crippen LogP contribution in [0.2, 0.25) is 0 Å². The summed E-state index contributed by atoms with van der Waals surface area (Å²) in [6, 6.07) is 16.2. The fourth-order valence-corrected chi connectivity index (χ4v) is 2.42. The van der Waals surface area contributed by atoms with E-state index < -0.39 is 5.97 Å². The quantitative estimate of drug-likeness (QED) is 0.753. The molecule has 1 N–H and O–H groups in total. The van der Waals surface area contributed by atoms with Crippen molar-refractivity contribution in [3.8, 4) is 6.07 Å². The van der Waals surface area contributed by atoms with E-state index in [-0.39, 0.29) is 5.56 Å². The summed E-state index contributed by atoms with van der Waals surface area (Å²) in [5, 5.41) is 18.4. The summed E-state index contributed by atoms with van der Waals surface area (Å²) in [5.41, 5.74) is 3.16. The van der Waals surface area contributed by atoms with Gasteiger partial charge in [-0.05, 0) is 35.9 Å². The highest BCUT2D eigenvalue weighted by atomic mass is 16.4. The van der Waals surface area contributed by atoms with E-state index in [1.165, 1.54) is 12.1 Å². The predicted octanol–water partition coefficient (Wildman–Crippen LogP) is 3.34. The Kier molecular flexibility index (Phi) is 3.65. The monoisotopic (exact) mass is 303 g/mol. The summed E-state index contributed by atoms with van der Waals surface area (Å²) in [6.07, 6.45) is 1.70. The Morgan fingerprint density at radius 3 is 2.52 bits per heavy atom. The van der Waals surface area contributed by atoms with Gasteiger partial charge in [-0.1, -0.05) is 24.3 Å². The average molecular weight is 303 g/mol. The lowest BCUT2D eigenvalue weighted by Crippen LogP contribution is -1.97. The Balaban J connectivity index is 2.06. The number of rotatable bonds is 3. The number of nitriles is 1. The number of fused-ring (bicyclic) bond motifs is 1. The molecule has 0 saturated heterocycles. The van der Waals surface area contributed by atoms with E-state index in [1.807, 2.05) is 35.9 Å². The number of allylic oxidation sites excluding steroid dienone is 1. The lowest BCUT2D eigenvalue weighted by Gasteiger charge is -2.01. The van der Waals surface area contributed by atoms with Gasteiger partial charge >= 0.3 is 5.97 Å². The first-order chi connectivity index (χ1) is 11.1. The Bertz CT molecular complexity index is 960. The molecule has 0 aliphatic heterocycles. The minimum absolute atomic E-state index is 0.211. The van der Waals surface area contributed by atoms with E-state index in [0.29, 0.717) is 11.4 Å². The van der Waals surface area contributed by atoms with Gasteiger partial charge in [0.15, 0.2) is 5.82 Å². The molecule has 0 unspecified atom stereocenters. The molecule has 0 bridgehead atoms. The molecule has 23 heavy (non-hydrogen) atoms. The summed E-state index contributed by atoms with van der Waals surface area (Å²) >= 11 is 0. The van der Waals surface area contributed by atoms with E-state index in [0.717, 1.165) is 16.6 Å². The maximum Gasteiger partial charge on any atom is 0.335 e. The van der Waals surface area contributed by atoms with Crippen LogP contribution in [0.4, 0.5) is 0 Å². The van der Waals surface area contributed by atoms with Gasteiger partial charge in [-0.2, -0.15) is 5.26 Å². The smallest absolute Gasteiger partial charge is 0.335 e. The number of aromatic carboxylic acids is 1. The van der Waals surface area contributed by atoms with Gasteiger partial charge in [0.2, 0.25) is 0 Å². The molecule has 5 nitrogen and oxygen atoms in total. The summed E-state index contributed by atoms with van der Waals surface area (Å²) in [7, 11) is 1.86. The number of carboxylic acid groups (broad SMARTS) is 1. The van der Waals surface area contributed by atoms with Gasteiger partial charge < -0.3 is 9.67 Å². The lowest BCUT2D eigenvalue weighted by atomic mass is 10.1. The molecule has 0 spiro atoms. The molecule has 0 amide bonds. The largest absolute Gasteiger partial charge is 0.478 e. The van der Waals surface area contributed by atoms with Crippen molar-refractivity contribution in [1.29, 1.82) is 5.26 Å². The molecule has 0 fully saturated rings. The highest BCUT2D eigenvalue weighted by Gasteiger charge is 2.11. The maximum atomic E-state index is 10.9. The van der Waals surface area contributed by atoms with Crippen LogP contribution in [0.5, 0.6) is 0 Å². The Morgan fingerprint density at radius 2 is 1.91 bits per heavy atom. The molecule has 0 aliphatic carbocycles. The van der Waals surface area contributed by atoms with Gasteiger partial charge in [-0.3, -0.25) is 0 Å². The van der Waals surface area contributed by atoms with Crippen molar-refractivity contribution < 1.29 is 9.90 Å². The van der Waals surface area contributed by atoms with Crippen LogP contribution in [0.15, 0.2) is 48.5 Å². The van der Waals surface area contributed by atoms with E-state index in [1.54, 1.807) is 18.2 Å². The Labute approximate surface area is 132 Å². The van der Waals surface area contributed by atoms with Crippen molar-refractivity contribution in [3.63, 3.8) is 0 Å². The van der Waals surface area contributed by atoms with E-state index in [4.69, 9.17) is 5.11 Å². The molecule has 3 rings (SSSR count). The Hall–Kier alpha value is -3.39. The molecule has 0 saturated carbocycles. The number of para-hydroxylation sites is 2. The van der Waals surface area contributed by atoms with Crippen molar-refractivity contribution in [1.82, 2.24) is 9.55 Å². The average Bonchev–Trinajstić information content (AvgIpc) is 2.90. The fourth-order valence-electron chi connectivity index (χ4n) is 2.42. The first kappa shape index (κ1) is 14.5. The van der Waals surface area contributed by atoms with Crippen LogP contribution in [0.3, 0.4) is 0 Å². The van der Waals surface area contributed by atoms with E-state index in [9.17, 15) is 10.1 Å². The summed E-state index contributed by atoms with van der Waals surface area (Å²) in [4.78, 5) is 15.4. The minimum Gasteiger partial charge on any atom is -0.478 e. The molecule has 5 heteroatoms. The van der Waals surface area contributed by atoms with E-state index >= 15 is 0 Å². The number of benzene rings is 2. The highest BCUT2D eigenvalue weighted by molar-refractivity contribution is 5.92. The molecule has 0 atom stereocenters. The fraction of sp³-hybridized carbons (Fsp3) is 0.0556. The van der Waals surface area contributed by atoms with Crippen molar-refractivity contribution in [3.05, 3.63) is 65.5 Å². The number of carboxylic acids is 1. The topological polar surface area (TPSA) is 78.9 Å². The molecule has 112 valence electrons. The molecule has 3 aromatic rings. The SMILES string of the molecule is Cn1c(C(C#N)=Cc2ccc(C(=O)O)cc2)nc2ccccc21. The molecular formula is C18H13N3O2. The number of imidazole rings is 1. The second-order valence-corrected chi connectivity index (χ2v) is 5.08. The number of aryl methyl sites for hydroxylation is 1. The third-order valence-corrected chi connectivity index (χ3v) is 3.62. The van der Waals surface area contributed by atoms with Crippen LogP contribution in [0, 0.1) is 11.3 Å². The first-order valence-electron chi connectivity index (χ1n) is 6.97. The molecule has 1 aromatic heterocycles. The minimum atomic E-state index is -0.976. The predicted molar refractivity (Wildman–Crippen MR) is 87.6 cm³/mol. The van der Waals surface area contributed by atoms with Crippen molar-refractivity contribution in [2.45, 2.75) is 0 Å². The molecule has 0 aliphatic rings. The first-order valence-corrected chi connectivity index (χ1v) is 6.97. The Morgan fingerprint density at radius 1 is 1.22 bits per heavy atom. The van der Waals surface area contributed by atoms with Gasteiger partial charge in [-0.15, -0.1) is 0 Å². The van der Waals surface area contributed by atoms with Crippen LogP contribution in [-0.2, 0) is 7.05 Å². The summed E-state index contributed by atoms with van der Waals surface area (Å²) in [6.45, 7) is 0. The van der Waals surface area contributed by atoms with Crippen molar-refractivity contribution in [2.24, 2.45) is 7.05 Å². The highest BCUT2D eigenvalue weighted by Crippen LogP contribution is 2.22. The van der Waals surface area contributed by atoms with Gasteiger partial charge in [0.1, 0.15) is 6.07 Å². The van der Waals surface area contributed by atoms with Crippen LogP contribution in [0.25, 0.3) is 22.7 Å². The second kappa shape index (κ2) is 5.78. The zero-order valence-corrected chi connectivity index (χ0v) is 12.4. The summed E-state index contributed by atoms with van der Waals surface area (Å²) < 4.78 is 1.87. The zero-order chi connectivity index (χ0) is 16.4. The van der Waals surface area contributed by atoms with Gasteiger partial charge in [0, 0.05) is 7.05 Å².